The van der Waals surface area contributed by atoms with Crippen molar-refractivity contribution in [3.63, 3.8) is 0 Å². The van der Waals surface area contributed by atoms with Crippen LogP contribution in [0.3, 0.4) is 0 Å². The van der Waals surface area contributed by atoms with Gasteiger partial charge in [-0.3, -0.25) is 30.1 Å². The lowest BCUT2D eigenvalue weighted by atomic mass is 9.91. The standard InChI is InChI=1S/C23H26N4O7/c1-13-6-8-15(9-7-13)23(2)21(30)27(22(31)24-23)12-18(28)25-26-20(29)14-10-16(32-3)19(34-5)17(11-14)33-4/h6-11H,12H2,1-5H3,(H,24,31)(H,25,28)(H,26,29)/t23-/m1/s1. The molecule has 2 aromatic rings. The van der Waals surface area contributed by atoms with Gasteiger partial charge in [0.2, 0.25) is 5.75 Å². The number of hydrogen-bond acceptors (Lipinski definition) is 7. The van der Waals surface area contributed by atoms with Crippen LogP contribution in [0.1, 0.15) is 28.4 Å². The van der Waals surface area contributed by atoms with Gasteiger partial charge in [0.25, 0.3) is 17.7 Å². The summed E-state index contributed by atoms with van der Waals surface area (Å²) >= 11 is 0. The van der Waals surface area contributed by atoms with Crippen molar-refractivity contribution in [1.29, 1.82) is 0 Å². The van der Waals surface area contributed by atoms with Crippen LogP contribution >= 0.6 is 0 Å². The lowest BCUT2D eigenvalue weighted by molar-refractivity contribution is -0.135. The molecule has 34 heavy (non-hydrogen) atoms. The highest BCUT2D eigenvalue weighted by atomic mass is 16.5. The number of ether oxygens (including phenoxy) is 3. The summed E-state index contributed by atoms with van der Waals surface area (Å²) in [5.41, 5.74) is 4.86. The summed E-state index contributed by atoms with van der Waals surface area (Å²) in [5, 5.41) is 2.63. The lowest BCUT2D eigenvalue weighted by Gasteiger charge is -2.22. The molecular formula is C23H26N4O7. The van der Waals surface area contributed by atoms with Crippen LogP contribution in [0.4, 0.5) is 4.79 Å². The molecule has 0 aromatic heterocycles. The summed E-state index contributed by atoms with van der Waals surface area (Å²) < 4.78 is 15.6. The van der Waals surface area contributed by atoms with E-state index in [-0.39, 0.29) is 17.1 Å². The van der Waals surface area contributed by atoms with Crippen LogP contribution in [0, 0.1) is 6.92 Å². The van der Waals surface area contributed by atoms with Crippen molar-refractivity contribution in [2.45, 2.75) is 19.4 Å². The number of imide groups is 1. The number of nitrogens with zero attached hydrogens (tertiary/aromatic N) is 1. The Labute approximate surface area is 196 Å². The molecule has 180 valence electrons. The van der Waals surface area contributed by atoms with E-state index in [1.165, 1.54) is 33.5 Å². The normalized spacial score (nSPS) is 17.1. The molecule has 1 fully saturated rings. The molecule has 11 heteroatoms. The highest BCUT2D eigenvalue weighted by Gasteiger charge is 2.49. The minimum absolute atomic E-state index is 0.122. The molecule has 0 bridgehead atoms. The van der Waals surface area contributed by atoms with Gasteiger partial charge in [-0.15, -0.1) is 0 Å². The van der Waals surface area contributed by atoms with Crippen LogP contribution < -0.4 is 30.4 Å². The van der Waals surface area contributed by atoms with Gasteiger partial charge in [-0.1, -0.05) is 29.8 Å². The van der Waals surface area contributed by atoms with E-state index in [9.17, 15) is 19.2 Å². The average molecular weight is 470 g/mol. The highest BCUT2D eigenvalue weighted by molar-refractivity contribution is 6.09. The van der Waals surface area contributed by atoms with Gasteiger partial charge in [-0.05, 0) is 31.5 Å². The van der Waals surface area contributed by atoms with E-state index in [2.05, 4.69) is 16.2 Å². The third-order valence-corrected chi connectivity index (χ3v) is 5.45. The molecule has 0 saturated carbocycles. The molecule has 1 atom stereocenters. The maximum absolute atomic E-state index is 13.0. The van der Waals surface area contributed by atoms with Gasteiger partial charge in [0.1, 0.15) is 12.1 Å². The Morgan fingerprint density at radius 2 is 1.56 bits per heavy atom. The summed E-state index contributed by atoms with van der Waals surface area (Å²) in [4.78, 5) is 51.1. The van der Waals surface area contributed by atoms with E-state index >= 15 is 0 Å². The zero-order valence-corrected chi connectivity index (χ0v) is 19.5. The van der Waals surface area contributed by atoms with Crippen LogP contribution in [0.15, 0.2) is 36.4 Å². The van der Waals surface area contributed by atoms with Crippen LogP contribution in [0.25, 0.3) is 0 Å². The molecule has 2 aromatic carbocycles. The second-order valence-corrected chi connectivity index (χ2v) is 7.73. The molecule has 0 spiro atoms. The molecule has 1 aliphatic heterocycles. The Hall–Kier alpha value is -4.28. The number of amides is 5. The summed E-state index contributed by atoms with van der Waals surface area (Å²) in [6.45, 7) is 2.90. The van der Waals surface area contributed by atoms with Crippen molar-refractivity contribution in [1.82, 2.24) is 21.1 Å². The van der Waals surface area contributed by atoms with E-state index in [0.29, 0.717) is 11.3 Å². The minimum Gasteiger partial charge on any atom is -0.493 e. The van der Waals surface area contributed by atoms with E-state index < -0.39 is 35.8 Å². The van der Waals surface area contributed by atoms with Crippen LogP contribution in [0.5, 0.6) is 17.2 Å². The van der Waals surface area contributed by atoms with Crippen LogP contribution in [-0.2, 0) is 15.1 Å². The Balaban J connectivity index is 1.66. The number of nitrogens with one attached hydrogen (secondary N) is 3. The Kier molecular flexibility index (Phi) is 6.94. The topological polar surface area (TPSA) is 135 Å². The number of rotatable bonds is 7. The van der Waals surface area contributed by atoms with E-state index in [0.717, 1.165) is 10.5 Å². The third-order valence-electron chi connectivity index (χ3n) is 5.45. The first kappa shape index (κ1) is 24.4. The summed E-state index contributed by atoms with van der Waals surface area (Å²) in [6.07, 6.45) is 0. The van der Waals surface area contributed by atoms with Gasteiger partial charge in [0.05, 0.1) is 21.3 Å². The zero-order chi connectivity index (χ0) is 25.0. The predicted molar refractivity (Wildman–Crippen MR) is 120 cm³/mol. The van der Waals surface area contributed by atoms with Crippen molar-refractivity contribution >= 4 is 23.8 Å². The van der Waals surface area contributed by atoms with Crippen LogP contribution in [0.2, 0.25) is 0 Å². The first-order valence-electron chi connectivity index (χ1n) is 10.2. The fourth-order valence-electron chi connectivity index (χ4n) is 3.52. The molecule has 0 radical (unpaired) electrons. The fourth-order valence-corrected chi connectivity index (χ4v) is 3.52. The molecule has 3 rings (SSSR count). The molecule has 1 heterocycles. The monoisotopic (exact) mass is 470 g/mol. The number of hydrazine groups is 1. The molecule has 1 saturated heterocycles. The number of methoxy groups -OCH3 is 3. The predicted octanol–water partition coefficient (Wildman–Crippen LogP) is 1.25. The Bertz CT molecular complexity index is 1110. The lowest BCUT2D eigenvalue weighted by Crippen LogP contribution is -2.48. The van der Waals surface area contributed by atoms with Gasteiger partial charge in [-0.2, -0.15) is 0 Å². The number of carbonyl (C=O) groups is 4. The van der Waals surface area contributed by atoms with Crippen molar-refractivity contribution in [3.05, 3.63) is 53.1 Å². The average Bonchev–Trinajstić information content (AvgIpc) is 3.05. The van der Waals surface area contributed by atoms with Crippen LogP contribution in [-0.4, -0.2) is 56.5 Å². The summed E-state index contributed by atoms with van der Waals surface area (Å²) in [7, 11) is 4.24. The SMILES string of the molecule is COc1cc(C(=O)NNC(=O)CN2C(=O)N[C@](C)(c3ccc(C)cc3)C2=O)cc(OC)c1OC. The number of aryl methyl sites for hydroxylation is 1. The van der Waals surface area contributed by atoms with Gasteiger partial charge in [0.15, 0.2) is 11.5 Å². The number of urea groups is 1. The van der Waals surface area contributed by atoms with Gasteiger partial charge in [-0.25, -0.2) is 4.79 Å². The van der Waals surface area contributed by atoms with Crippen molar-refractivity contribution in [3.8, 4) is 17.2 Å². The summed E-state index contributed by atoms with van der Waals surface area (Å²) in [6, 6.07) is 9.26. The Morgan fingerprint density at radius 1 is 0.971 bits per heavy atom. The molecule has 0 unspecified atom stereocenters. The van der Waals surface area contributed by atoms with Gasteiger partial charge in [0, 0.05) is 5.56 Å². The quantitative estimate of drug-likeness (QED) is 0.409. The van der Waals surface area contributed by atoms with Gasteiger partial charge < -0.3 is 19.5 Å². The third kappa shape index (κ3) is 4.58. The second-order valence-electron chi connectivity index (χ2n) is 7.73. The molecular weight excluding hydrogens is 444 g/mol. The number of benzene rings is 2. The number of carbonyl (C=O) groups excluding carboxylic acids is 4. The molecule has 1 aliphatic rings. The largest absolute Gasteiger partial charge is 0.493 e. The number of hydrogen-bond donors (Lipinski definition) is 3. The molecule has 0 aliphatic carbocycles. The first-order valence-corrected chi connectivity index (χ1v) is 10.2. The maximum Gasteiger partial charge on any atom is 0.325 e. The highest BCUT2D eigenvalue weighted by Crippen LogP contribution is 2.38. The zero-order valence-electron chi connectivity index (χ0n) is 19.5. The smallest absolute Gasteiger partial charge is 0.325 e. The van der Waals surface area contributed by atoms with Crippen molar-refractivity contribution < 1.29 is 33.4 Å². The second kappa shape index (κ2) is 9.69. The van der Waals surface area contributed by atoms with Gasteiger partial charge >= 0.3 is 6.03 Å². The molecule has 5 amide bonds. The first-order chi connectivity index (χ1) is 16.1. The van der Waals surface area contributed by atoms with E-state index in [1.54, 1.807) is 19.1 Å². The van der Waals surface area contributed by atoms with Crippen molar-refractivity contribution in [2.24, 2.45) is 0 Å². The Morgan fingerprint density at radius 3 is 2.09 bits per heavy atom. The van der Waals surface area contributed by atoms with E-state index in [1.807, 2.05) is 19.1 Å². The summed E-state index contributed by atoms with van der Waals surface area (Å²) in [5.74, 6) is -1.19. The molecule has 11 nitrogen and oxygen atoms in total. The fraction of sp³-hybridized carbons (Fsp3) is 0.304. The minimum atomic E-state index is -1.30. The van der Waals surface area contributed by atoms with E-state index in [4.69, 9.17) is 14.2 Å². The maximum atomic E-state index is 13.0. The molecule has 3 N–H and O–H groups in total. The van der Waals surface area contributed by atoms with Crippen molar-refractivity contribution in [2.75, 3.05) is 27.9 Å².